The lowest BCUT2D eigenvalue weighted by atomic mass is 10.1. The van der Waals surface area contributed by atoms with Gasteiger partial charge in [-0.2, -0.15) is 0 Å². The van der Waals surface area contributed by atoms with Crippen molar-refractivity contribution in [2.45, 2.75) is 31.6 Å². The van der Waals surface area contributed by atoms with Gasteiger partial charge in [-0.3, -0.25) is 4.79 Å². The predicted molar refractivity (Wildman–Crippen MR) is 63.4 cm³/mol. The second kappa shape index (κ2) is 5.29. The topological polar surface area (TPSA) is 58.6 Å². The molecule has 1 saturated heterocycles. The van der Waals surface area contributed by atoms with E-state index in [0.717, 1.165) is 6.42 Å². The van der Waals surface area contributed by atoms with Crippen LogP contribution < -0.4 is 5.32 Å². The van der Waals surface area contributed by atoms with Gasteiger partial charge in [0.1, 0.15) is 0 Å². The highest BCUT2D eigenvalue weighted by atomic mass is 16.5. The van der Waals surface area contributed by atoms with Crippen molar-refractivity contribution >= 4 is 5.91 Å². The monoisotopic (exact) mass is 235 g/mol. The minimum Gasteiger partial charge on any atom is -0.378 e. The van der Waals surface area contributed by atoms with Crippen LogP contribution >= 0.6 is 0 Å². The number of carbonyl (C=O) groups excluding carboxylic acids is 1. The number of aliphatic hydroxyl groups is 1. The molecule has 1 heterocycles. The summed E-state index contributed by atoms with van der Waals surface area (Å²) in [6.45, 7) is 2.58. The number of benzene rings is 1. The normalized spacial score (nSPS) is 25.5. The molecule has 92 valence electrons. The lowest BCUT2D eigenvalue weighted by Gasteiger charge is -2.18. The molecule has 3 atom stereocenters. The molecular weight excluding hydrogens is 218 g/mol. The molecule has 1 aromatic carbocycles. The molecule has 1 aromatic rings. The highest BCUT2D eigenvalue weighted by Crippen LogP contribution is 2.16. The molecule has 2 N–H and O–H groups in total. The van der Waals surface area contributed by atoms with Crippen LogP contribution in [-0.2, 0) is 9.53 Å². The van der Waals surface area contributed by atoms with Crippen molar-refractivity contribution in [2.24, 2.45) is 0 Å². The summed E-state index contributed by atoms with van der Waals surface area (Å²) in [7, 11) is 0. The van der Waals surface area contributed by atoms with Crippen LogP contribution in [0.1, 0.15) is 25.0 Å². The van der Waals surface area contributed by atoms with Crippen LogP contribution in [0.4, 0.5) is 0 Å². The van der Waals surface area contributed by atoms with Gasteiger partial charge < -0.3 is 15.2 Å². The van der Waals surface area contributed by atoms with E-state index >= 15 is 0 Å². The van der Waals surface area contributed by atoms with Crippen LogP contribution in [0.25, 0.3) is 0 Å². The van der Waals surface area contributed by atoms with Gasteiger partial charge in [0, 0.05) is 6.61 Å². The van der Waals surface area contributed by atoms with Crippen molar-refractivity contribution in [3.05, 3.63) is 35.9 Å². The van der Waals surface area contributed by atoms with Crippen molar-refractivity contribution in [1.82, 2.24) is 5.32 Å². The molecule has 1 aliphatic heterocycles. The smallest absolute Gasteiger partial charge is 0.253 e. The third-order valence-corrected chi connectivity index (χ3v) is 3.07. The van der Waals surface area contributed by atoms with Crippen molar-refractivity contribution in [3.8, 4) is 0 Å². The fourth-order valence-corrected chi connectivity index (χ4v) is 1.97. The van der Waals surface area contributed by atoms with Gasteiger partial charge >= 0.3 is 0 Å². The zero-order valence-electron chi connectivity index (χ0n) is 9.80. The van der Waals surface area contributed by atoms with Gasteiger partial charge in [-0.05, 0) is 18.9 Å². The van der Waals surface area contributed by atoms with E-state index in [4.69, 9.17) is 4.74 Å². The fourth-order valence-electron chi connectivity index (χ4n) is 1.97. The van der Waals surface area contributed by atoms with E-state index in [2.05, 4.69) is 5.32 Å². The average Bonchev–Trinajstić information content (AvgIpc) is 2.75. The van der Waals surface area contributed by atoms with Crippen LogP contribution in [0.3, 0.4) is 0 Å². The molecule has 4 heteroatoms. The Bertz CT molecular complexity index is 380. The Labute approximate surface area is 101 Å². The molecule has 3 unspecified atom stereocenters. The van der Waals surface area contributed by atoms with Gasteiger partial charge in [-0.15, -0.1) is 0 Å². The van der Waals surface area contributed by atoms with Gasteiger partial charge in [0.2, 0.25) is 0 Å². The average molecular weight is 235 g/mol. The molecule has 1 aliphatic rings. The van der Waals surface area contributed by atoms with Gasteiger partial charge in [0.05, 0.1) is 12.1 Å². The SMILES string of the molecule is CC1OCCC1NC(=O)C(O)c1ccccc1. The Morgan fingerprint density at radius 1 is 1.47 bits per heavy atom. The highest BCUT2D eigenvalue weighted by Gasteiger charge is 2.28. The summed E-state index contributed by atoms with van der Waals surface area (Å²) in [5, 5.41) is 12.7. The molecule has 0 bridgehead atoms. The molecule has 0 aromatic heterocycles. The standard InChI is InChI=1S/C13H17NO3/c1-9-11(7-8-17-9)14-13(16)12(15)10-5-3-2-4-6-10/h2-6,9,11-12,15H,7-8H2,1H3,(H,14,16). The molecule has 1 fully saturated rings. The molecule has 0 spiro atoms. The Kier molecular flexibility index (Phi) is 3.76. The van der Waals surface area contributed by atoms with E-state index in [-0.39, 0.29) is 18.1 Å². The zero-order chi connectivity index (χ0) is 12.3. The van der Waals surface area contributed by atoms with Crippen LogP contribution in [0.5, 0.6) is 0 Å². The first kappa shape index (κ1) is 12.1. The van der Waals surface area contributed by atoms with Crippen LogP contribution in [0, 0.1) is 0 Å². The van der Waals surface area contributed by atoms with Gasteiger partial charge in [0.25, 0.3) is 5.91 Å². The second-order valence-corrected chi connectivity index (χ2v) is 4.29. The maximum Gasteiger partial charge on any atom is 0.253 e. The van der Waals surface area contributed by atoms with Crippen LogP contribution in [0.15, 0.2) is 30.3 Å². The van der Waals surface area contributed by atoms with Gasteiger partial charge in [-0.1, -0.05) is 30.3 Å². The summed E-state index contributed by atoms with van der Waals surface area (Å²) in [5.74, 6) is -0.362. The Balaban J connectivity index is 1.96. The Morgan fingerprint density at radius 3 is 2.76 bits per heavy atom. The summed E-state index contributed by atoms with van der Waals surface area (Å²) in [6.07, 6.45) is -0.292. The minimum atomic E-state index is -1.11. The van der Waals surface area contributed by atoms with E-state index in [1.807, 2.05) is 13.0 Å². The third kappa shape index (κ3) is 2.84. The van der Waals surface area contributed by atoms with E-state index < -0.39 is 6.10 Å². The summed E-state index contributed by atoms with van der Waals surface area (Å²) in [6, 6.07) is 8.92. The fraction of sp³-hybridized carbons (Fsp3) is 0.462. The number of hydrogen-bond acceptors (Lipinski definition) is 3. The Hall–Kier alpha value is -1.39. The van der Waals surface area contributed by atoms with Gasteiger partial charge in [0.15, 0.2) is 6.10 Å². The molecule has 1 amide bonds. The maximum absolute atomic E-state index is 11.8. The van der Waals surface area contributed by atoms with Crippen molar-refractivity contribution < 1.29 is 14.6 Å². The first-order chi connectivity index (χ1) is 8.18. The molecule has 2 rings (SSSR count). The number of rotatable bonds is 3. The number of hydrogen-bond donors (Lipinski definition) is 2. The van der Waals surface area contributed by atoms with Crippen molar-refractivity contribution in [1.29, 1.82) is 0 Å². The first-order valence-corrected chi connectivity index (χ1v) is 5.83. The van der Waals surface area contributed by atoms with Crippen molar-refractivity contribution in [2.75, 3.05) is 6.61 Å². The number of carbonyl (C=O) groups is 1. The highest BCUT2D eigenvalue weighted by molar-refractivity contribution is 5.82. The molecule has 17 heavy (non-hydrogen) atoms. The van der Waals surface area contributed by atoms with Gasteiger partial charge in [-0.25, -0.2) is 0 Å². The largest absolute Gasteiger partial charge is 0.378 e. The van der Waals surface area contributed by atoms with Crippen molar-refractivity contribution in [3.63, 3.8) is 0 Å². The zero-order valence-corrected chi connectivity index (χ0v) is 9.80. The summed E-state index contributed by atoms with van der Waals surface area (Å²) < 4.78 is 5.36. The number of amides is 1. The summed E-state index contributed by atoms with van der Waals surface area (Å²) in [4.78, 5) is 11.8. The lowest BCUT2D eigenvalue weighted by molar-refractivity contribution is -0.130. The number of ether oxygens (including phenoxy) is 1. The molecule has 0 saturated carbocycles. The molecular formula is C13H17NO3. The lowest BCUT2D eigenvalue weighted by Crippen LogP contribution is -2.41. The Morgan fingerprint density at radius 2 is 2.18 bits per heavy atom. The summed E-state index contributed by atoms with van der Waals surface area (Å²) >= 11 is 0. The molecule has 0 aliphatic carbocycles. The summed E-state index contributed by atoms with van der Waals surface area (Å²) in [5.41, 5.74) is 0.608. The van der Waals surface area contributed by atoms with Crippen LogP contribution in [-0.4, -0.2) is 29.8 Å². The minimum absolute atomic E-state index is 0.000798. The second-order valence-electron chi connectivity index (χ2n) is 4.29. The number of aliphatic hydroxyl groups excluding tert-OH is 1. The number of nitrogens with one attached hydrogen (secondary N) is 1. The van der Waals surface area contributed by atoms with E-state index in [0.29, 0.717) is 12.2 Å². The van der Waals surface area contributed by atoms with Crippen LogP contribution in [0.2, 0.25) is 0 Å². The first-order valence-electron chi connectivity index (χ1n) is 5.83. The van der Waals surface area contributed by atoms with E-state index in [1.54, 1.807) is 24.3 Å². The molecule has 0 radical (unpaired) electrons. The van der Waals surface area contributed by atoms with E-state index in [9.17, 15) is 9.90 Å². The third-order valence-electron chi connectivity index (χ3n) is 3.07. The maximum atomic E-state index is 11.8. The predicted octanol–water partition coefficient (Wildman–Crippen LogP) is 1.01. The van der Waals surface area contributed by atoms with E-state index in [1.165, 1.54) is 0 Å². The quantitative estimate of drug-likeness (QED) is 0.822. The molecule has 4 nitrogen and oxygen atoms in total.